The number of nitrogens with zero attached hydrogens (tertiary/aromatic N) is 3. The second-order valence-corrected chi connectivity index (χ2v) is 3.18. The zero-order valence-electron chi connectivity index (χ0n) is 7.74. The van der Waals surface area contributed by atoms with Crippen LogP contribution in [0.25, 0.3) is 0 Å². The number of aromatic amines is 1. The van der Waals surface area contributed by atoms with Gasteiger partial charge < -0.3 is 11.1 Å². The van der Waals surface area contributed by atoms with Gasteiger partial charge in [0, 0.05) is 0 Å². The number of hydrogen-bond donors (Lipinski definition) is 3. The number of aromatic nitrogens is 4. The lowest BCUT2D eigenvalue weighted by atomic mass is 10.1. The van der Waals surface area contributed by atoms with Gasteiger partial charge in [0.05, 0.1) is 0 Å². The molecule has 76 valence electrons. The fraction of sp³-hybridized carbons (Fsp3) is 0.500. The molecule has 2 amide bonds. The summed E-state index contributed by atoms with van der Waals surface area (Å²) in [5.74, 6) is -1.39. The van der Waals surface area contributed by atoms with E-state index >= 15 is 0 Å². The van der Waals surface area contributed by atoms with Gasteiger partial charge in [-0.1, -0.05) is 0 Å². The zero-order chi connectivity index (χ0) is 10.8. The molecule has 0 saturated carbocycles. The topological polar surface area (TPSA) is 127 Å². The predicted octanol–water partition coefficient (Wildman–Crippen LogP) is -1.81. The Hall–Kier alpha value is -1.99. The van der Waals surface area contributed by atoms with E-state index in [1.54, 1.807) is 0 Å². The molecule has 0 aliphatic heterocycles. The van der Waals surface area contributed by atoms with Crippen LogP contribution in [0, 0.1) is 0 Å². The van der Waals surface area contributed by atoms with Crippen molar-refractivity contribution in [2.24, 2.45) is 5.73 Å². The van der Waals surface area contributed by atoms with E-state index in [1.165, 1.54) is 13.8 Å². The Kier molecular flexibility index (Phi) is 2.45. The maximum absolute atomic E-state index is 11.3. The molecule has 0 fully saturated rings. The van der Waals surface area contributed by atoms with E-state index in [0.717, 1.165) is 0 Å². The Morgan fingerprint density at radius 2 is 2.14 bits per heavy atom. The minimum absolute atomic E-state index is 0.140. The Morgan fingerprint density at radius 1 is 1.50 bits per heavy atom. The quantitative estimate of drug-likeness (QED) is 0.527. The van der Waals surface area contributed by atoms with Crippen LogP contribution in [0.1, 0.15) is 24.5 Å². The molecule has 0 aliphatic carbocycles. The minimum Gasteiger partial charge on any atom is -0.368 e. The third-order valence-electron chi connectivity index (χ3n) is 1.59. The normalized spacial score (nSPS) is 11.0. The van der Waals surface area contributed by atoms with Crippen LogP contribution in [-0.2, 0) is 4.79 Å². The lowest BCUT2D eigenvalue weighted by molar-refractivity contribution is -0.122. The highest BCUT2D eigenvalue weighted by Gasteiger charge is 2.28. The summed E-state index contributed by atoms with van der Waals surface area (Å²) in [6, 6.07) is 0. The summed E-state index contributed by atoms with van der Waals surface area (Å²) < 4.78 is 0. The number of H-pyrrole nitrogens is 1. The summed E-state index contributed by atoms with van der Waals surface area (Å²) in [4.78, 5) is 22.2. The molecule has 0 unspecified atom stereocenters. The van der Waals surface area contributed by atoms with Crippen molar-refractivity contribution in [1.29, 1.82) is 0 Å². The SMILES string of the molecule is CC(C)(NC(=O)c1nn[nH]n1)C(N)=O. The second-order valence-electron chi connectivity index (χ2n) is 3.18. The number of carbonyl (C=O) groups excluding carboxylic acids is 2. The van der Waals surface area contributed by atoms with Crippen LogP contribution in [0.4, 0.5) is 0 Å². The van der Waals surface area contributed by atoms with Crippen molar-refractivity contribution in [2.75, 3.05) is 0 Å². The maximum atomic E-state index is 11.3. The molecular weight excluding hydrogens is 188 g/mol. The Morgan fingerprint density at radius 3 is 2.57 bits per heavy atom. The number of hydrogen-bond acceptors (Lipinski definition) is 5. The molecule has 1 rings (SSSR count). The van der Waals surface area contributed by atoms with Gasteiger partial charge >= 0.3 is 0 Å². The highest BCUT2D eigenvalue weighted by Crippen LogP contribution is 2.01. The lowest BCUT2D eigenvalue weighted by Crippen LogP contribution is -2.53. The number of nitrogens with one attached hydrogen (secondary N) is 2. The number of nitrogens with two attached hydrogens (primary N) is 1. The van der Waals surface area contributed by atoms with E-state index in [2.05, 4.69) is 25.9 Å². The minimum atomic E-state index is -1.14. The van der Waals surface area contributed by atoms with Crippen LogP contribution in [0.3, 0.4) is 0 Å². The maximum Gasteiger partial charge on any atom is 0.293 e. The lowest BCUT2D eigenvalue weighted by Gasteiger charge is -2.20. The van der Waals surface area contributed by atoms with Crippen LogP contribution in [0.5, 0.6) is 0 Å². The molecule has 8 nitrogen and oxygen atoms in total. The first-order chi connectivity index (χ1) is 6.43. The monoisotopic (exact) mass is 198 g/mol. The van der Waals surface area contributed by atoms with Crippen molar-refractivity contribution in [3.05, 3.63) is 5.82 Å². The van der Waals surface area contributed by atoms with Gasteiger partial charge in [0.15, 0.2) is 0 Å². The Labute approximate surface area is 79.2 Å². The Balaban J connectivity index is 2.71. The molecule has 0 atom stereocenters. The molecule has 0 aliphatic rings. The van der Waals surface area contributed by atoms with Crippen LogP contribution in [0.2, 0.25) is 0 Å². The van der Waals surface area contributed by atoms with Crippen LogP contribution in [-0.4, -0.2) is 38.0 Å². The first-order valence-corrected chi connectivity index (χ1v) is 3.79. The number of amides is 2. The molecule has 8 heteroatoms. The molecule has 4 N–H and O–H groups in total. The van der Waals surface area contributed by atoms with E-state index in [1.807, 2.05) is 0 Å². The summed E-state index contributed by atoms with van der Waals surface area (Å²) in [6.07, 6.45) is 0. The zero-order valence-corrected chi connectivity index (χ0v) is 7.74. The van der Waals surface area contributed by atoms with Crippen molar-refractivity contribution < 1.29 is 9.59 Å². The van der Waals surface area contributed by atoms with Gasteiger partial charge in [-0.05, 0) is 19.1 Å². The first kappa shape index (κ1) is 10.1. The largest absolute Gasteiger partial charge is 0.368 e. The van der Waals surface area contributed by atoms with Gasteiger partial charge in [-0.3, -0.25) is 9.59 Å². The summed E-state index contributed by atoms with van der Waals surface area (Å²) in [5, 5.41) is 14.6. The first-order valence-electron chi connectivity index (χ1n) is 3.79. The summed E-state index contributed by atoms with van der Waals surface area (Å²) in [5.41, 5.74) is 3.91. The van der Waals surface area contributed by atoms with Gasteiger partial charge in [-0.15, -0.1) is 10.2 Å². The molecule has 0 spiro atoms. The third-order valence-corrected chi connectivity index (χ3v) is 1.59. The van der Waals surface area contributed by atoms with Crippen LogP contribution in [0.15, 0.2) is 0 Å². The fourth-order valence-electron chi connectivity index (χ4n) is 0.659. The molecule has 1 aromatic heterocycles. The molecule has 1 heterocycles. The van der Waals surface area contributed by atoms with Crippen molar-refractivity contribution in [1.82, 2.24) is 25.9 Å². The van der Waals surface area contributed by atoms with E-state index < -0.39 is 17.4 Å². The average Bonchev–Trinajstić information content (AvgIpc) is 2.54. The van der Waals surface area contributed by atoms with E-state index in [0.29, 0.717) is 0 Å². The highest BCUT2D eigenvalue weighted by atomic mass is 16.2. The highest BCUT2D eigenvalue weighted by molar-refractivity contribution is 5.95. The smallest absolute Gasteiger partial charge is 0.293 e. The molecule has 0 aromatic carbocycles. The molecule has 1 aromatic rings. The average molecular weight is 198 g/mol. The number of primary amides is 1. The second kappa shape index (κ2) is 3.40. The molecule has 0 radical (unpaired) electrons. The van der Waals surface area contributed by atoms with E-state index in [-0.39, 0.29) is 5.82 Å². The molecule has 0 bridgehead atoms. The summed E-state index contributed by atoms with van der Waals surface area (Å²) in [7, 11) is 0. The van der Waals surface area contributed by atoms with Crippen molar-refractivity contribution in [3.8, 4) is 0 Å². The predicted molar refractivity (Wildman–Crippen MR) is 44.9 cm³/mol. The summed E-state index contributed by atoms with van der Waals surface area (Å²) in [6.45, 7) is 2.96. The van der Waals surface area contributed by atoms with Gasteiger partial charge in [0.1, 0.15) is 5.54 Å². The van der Waals surface area contributed by atoms with E-state index in [4.69, 9.17) is 5.73 Å². The number of carbonyl (C=O) groups is 2. The summed E-state index contributed by atoms with van der Waals surface area (Å²) >= 11 is 0. The fourth-order valence-corrected chi connectivity index (χ4v) is 0.659. The Bertz CT molecular complexity index is 343. The van der Waals surface area contributed by atoms with Crippen LogP contribution < -0.4 is 11.1 Å². The van der Waals surface area contributed by atoms with Crippen molar-refractivity contribution in [3.63, 3.8) is 0 Å². The van der Waals surface area contributed by atoms with Crippen LogP contribution >= 0.6 is 0 Å². The van der Waals surface area contributed by atoms with E-state index in [9.17, 15) is 9.59 Å². The molecule has 14 heavy (non-hydrogen) atoms. The number of rotatable bonds is 3. The van der Waals surface area contributed by atoms with Gasteiger partial charge in [0.2, 0.25) is 5.91 Å². The molecule has 0 saturated heterocycles. The van der Waals surface area contributed by atoms with Gasteiger partial charge in [-0.2, -0.15) is 5.21 Å². The molecular formula is C6H10N6O2. The van der Waals surface area contributed by atoms with Gasteiger partial charge in [-0.25, -0.2) is 0 Å². The standard InChI is InChI=1S/C6H10N6O2/c1-6(2,5(7)14)8-4(13)3-9-11-12-10-3/h1-2H3,(H2,7,14)(H,8,13)(H,9,10,11,12). The number of tetrazole rings is 1. The van der Waals surface area contributed by atoms with Crippen molar-refractivity contribution >= 4 is 11.8 Å². The third kappa shape index (κ3) is 2.03. The van der Waals surface area contributed by atoms with Crippen molar-refractivity contribution in [2.45, 2.75) is 19.4 Å². The van der Waals surface area contributed by atoms with Gasteiger partial charge in [0.25, 0.3) is 11.7 Å².